The van der Waals surface area contributed by atoms with E-state index < -0.39 is 121 Å². The topological polar surface area (TPSA) is 158 Å². The summed E-state index contributed by atoms with van der Waals surface area (Å²) in [4.78, 5) is 18.7. The summed E-state index contributed by atoms with van der Waals surface area (Å²) in [6, 6.07) is 5.78. The van der Waals surface area contributed by atoms with Crippen molar-refractivity contribution in [3.05, 3.63) is 93.6 Å². The largest absolute Gasteiger partial charge is 0.435 e. The van der Waals surface area contributed by atoms with Gasteiger partial charge < -0.3 is 5.32 Å². The second kappa shape index (κ2) is 16.0. The average Bonchev–Trinajstić information content (AvgIpc) is 3.70. The summed E-state index contributed by atoms with van der Waals surface area (Å²) in [5.74, 6) is -5.21. The normalized spacial score (nSPS) is 17.8. The first-order valence-corrected chi connectivity index (χ1v) is 23.2. The third-order valence-electron chi connectivity index (χ3n) is 11.4. The van der Waals surface area contributed by atoms with Gasteiger partial charge in [0.05, 0.1) is 23.5 Å². The Hall–Kier alpha value is -5.70. The van der Waals surface area contributed by atoms with Crippen LogP contribution in [-0.2, 0) is 56.3 Å². The summed E-state index contributed by atoms with van der Waals surface area (Å²) in [5.41, 5.74) is -4.50. The number of aryl methyl sites for hydroxylation is 1. The maximum atomic E-state index is 15.7. The standard InChI is InChI=1S/C41H37F10N7O5S2/c1-20-6-8-26(34-31(20)37(56-65(5,62)63)55-58(34)19-39(44,45)46)25-9-7-24(12-13-38(2,3)64(4,60)61)52-33(25)29(16-21-14-22(42)17-23(43)15-21)53-30(59)18-57-36-32(35(54-57)41(49,50)51)27-10-11-28(27)40(36,47)48/h6-9,14-15,17,27-29H,10-11,16,18-19H2,1-5H3,(H,53,59)(H,55,56)/t27-,28+,29-/m0/s1. The fourth-order valence-electron chi connectivity index (χ4n) is 8.09. The number of anilines is 1. The summed E-state index contributed by atoms with van der Waals surface area (Å²) in [6.45, 7) is 1.01. The van der Waals surface area contributed by atoms with Crippen LogP contribution in [0.15, 0.2) is 42.5 Å². The summed E-state index contributed by atoms with van der Waals surface area (Å²) in [7, 11) is -7.99. The second-order valence-electron chi connectivity index (χ2n) is 16.6. The van der Waals surface area contributed by atoms with Crippen molar-refractivity contribution in [1.82, 2.24) is 29.9 Å². The maximum absolute atomic E-state index is 15.7. The molecule has 348 valence electrons. The van der Waals surface area contributed by atoms with Crippen LogP contribution in [0.2, 0.25) is 0 Å². The number of rotatable bonds is 11. The Balaban J connectivity index is 1.45. The molecule has 2 aliphatic carbocycles. The van der Waals surface area contributed by atoms with Crippen molar-refractivity contribution in [3.8, 4) is 23.0 Å². The number of hydrogen-bond donors (Lipinski definition) is 2. The van der Waals surface area contributed by atoms with Crippen LogP contribution >= 0.6 is 0 Å². The van der Waals surface area contributed by atoms with Crippen molar-refractivity contribution in [2.45, 2.75) is 88.1 Å². The Morgan fingerprint density at radius 1 is 0.923 bits per heavy atom. The molecule has 3 heterocycles. The molecule has 0 spiro atoms. The highest BCUT2D eigenvalue weighted by Crippen LogP contribution is 2.64. The predicted molar refractivity (Wildman–Crippen MR) is 216 cm³/mol. The number of carbonyl (C=O) groups excluding carboxylic acids is 1. The molecule has 2 aliphatic rings. The molecule has 2 aromatic carbocycles. The zero-order valence-electron chi connectivity index (χ0n) is 34.7. The van der Waals surface area contributed by atoms with E-state index in [1.165, 1.54) is 45.0 Å². The molecule has 12 nitrogen and oxygen atoms in total. The molecule has 0 bridgehead atoms. The Bertz CT molecular complexity index is 3040. The van der Waals surface area contributed by atoms with Gasteiger partial charge in [-0.2, -0.15) is 45.3 Å². The molecule has 5 aromatic rings. The van der Waals surface area contributed by atoms with Gasteiger partial charge in [-0.05, 0) is 87.3 Å². The van der Waals surface area contributed by atoms with E-state index in [0.29, 0.717) is 10.7 Å². The molecule has 1 amide bonds. The summed E-state index contributed by atoms with van der Waals surface area (Å²) in [6.07, 6.45) is -9.15. The van der Waals surface area contributed by atoms with E-state index in [2.05, 4.69) is 37.1 Å². The van der Waals surface area contributed by atoms with E-state index in [1.54, 1.807) is 0 Å². The number of aromatic nitrogens is 5. The highest BCUT2D eigenvalue weighted by Gasteiger charge is 2.63. The van der Waals surface area contributed by atoms with Crippen molar-refractivity contribution in [2.24, 2.45) is 5.92 Å². The molecule has 0 aliphatic heterocycles. The van der Waals surface area contributed by atoms with Gasteiger partial charge in [-0.15, -0.1) is 0 Å². The molecule has 1 fully saturated rings. The quantitative estimate of drug-likeness (QED) is 0.101. The first-order valence-electron chi connectivity index (χ1n) is 19.4. The van der Waals surface area contributed by atoms with Crippen LogP contribution in [0.4, 0.5) is 49.7 Å². The molecule has 3 aromatic heterocycles. The van der Waals surface area contributed by atoms with Crippen LogP contribution in [0.3, 0.4) is 0 Å². The monoisotopic (exact) mass is 961 g/mol. The molecule has 0 radical (unpaired) electrons. The minimum absolute atomic E-state index is 0.0233. The Morgan fingerprint density at radius 3 is 2.14 bits per heavy atom. The number of nitrogens with zero attached hydrogens (tertiary/aromatic N) is 5. The van der Waals surface area contributed by atoms with Gasteiger partial charge in [-0.1, -0.05) is 18.1 Å². The highest BCUT2D eigenvalue weighted by atomic mass is 32.2. The lowest BCUT2D eigenvalue weighted by Crippen LogP contribution is -2.36. The number of amides is 1. The number of carbonyl (C=O) groups is 1. The second-order valence-corrected chi connectivity index (χ2v) is 20.9. The molecule has 0 unspecified atom stereocenters. The van der Waals surface area contributed by atoms with Crippen molar-refractivity contribution in [2.75, 3.05) is 17.2 Å². The van der Waals surface area contributed by atoms with Gasteiger partial charge in [0, 0.05) is 40.3 Å². The third-order valence-corrected chi connectivity index (χ3v) is 13.9. The summed E-state index contributed by atoms with van der Waals surface area (Å²) >= 11 is 0. The van der Waals surface area contributed by atoms with Crippen LogP contribution < -0.4 is 10.0 Å². The molecule has 3 atom stereocenters. The number of pyridine rings is 1. The fourth-order valence-corrected chi connectivity index (χ4v) is 8.82. The van der Waals surface area contributed by atoms with E-state index in [9.17, 15) is 56.8 Å². The molecule has 7 rings (SSSR count). The number of nitrogens with one attached hydrogen (secondary N) is 2. The number of benzene rings is 2. The van der Waals surface area contributed by atoms with Gasteiger partial charge in [-0.25, -0.2) is 30.6 Å². The Kier molecular flexibility index (Phi) is 11.7. The molecule has 24 heteroatoms. The van der Waals surface area contributed by atoms with E-state index in [1.807, 2.05) is 0 Å². The molecule has 2 N–H and O–H groups in total. The van der Waals surface area contributed by atoms with E-state index in [-0.39, 0.29) is 62.1 Å². The smallest absolute Gasteiger partial charge is 0.346 e. The van der Waals surface area contributed by atoms with Crippen molar-refractivity contribution in [1.29, 1.82) is 0 Å². The van der Waals surface area contributed by atoms with Crippen LogP contribution in [0, 0.1) is 36.3 Å². The zero-order chi connectivity index (χ0) is 48.0. The van der Waals surface area contributed by atoms with Crippen molar-refractivity contribution in [3.63, 3.8) is 0 Å². The first kappa shape index (κ1) is 47.3. The van der Waals surface area contributed by atoms with Crippen LogP contribution in [0.25, 0.3) is 22.0 Å². The SMILES string of the molecule is Cc1ccc(-c2ccc(C#CC(C)(C)S(C)(=O)=O)nc2[C@H](Cc2cc(F)cc(F)c2)NC(=O)Cn2nc(C(F)(F)F)c3c2C(F)(F)[C@@H]2CC[C@H]32)c2c1c(NS(C)(=O)=O)nn2CC(F)(F)F. The lowest BCUT2D eigenvalue weighted by Gasteiger charge is -2.34. The van der Waals surface area contributed by atoms with Crippen molar-refractivity contribution < 1.29 is 65.5 Å². The lowest BCUT2D eigenvalue weighted by molar-refractivity contribution is -0.144. The number of alkyl halides is 8. The van der Waals surface area contributed by atoms with Crippen LogP contribution in [0.1, 0.15) is 78.1 Å². The number of halogens is 10. The predicted octanol–water partition coefficient (Wildman–Crippen LogP) is 7.71. The van der Waals surface area contributed by atoms with E-state index >= 15 is 8.78 Å². The zero-order valence-corrected chi connectivity index (χ0v) is 36.3. The van der Waals surface area contributed by atoms with E-state index in [0.717, 1.165) is 24.6 Å². The number of fused-ring (bicyclic) bond motifs is 4. The van der Waals surface area contributed by atoms with Crippen molar-refractivity contribution >= 4 is 42.5 Å². The van der Waals surface area contributed by atoms with Crippen LogP contribution in [0.5, 0.6) is 0 Å². The minimum atomic E-state index is -5.18. The minimum Gasteiger partial charge on any atom is -0.346 e. The van der Waals surface area contributed by atoms with Gasteiger partial charge in [0.25, 0.3) is 5.92 Å². The summed E-state index contributed by atoms with van der Waals surface area (Å²) in [5, 5.41) is 9.73. The third kappa shape index (κ3) is 9.39. The van der Waals surface area contributed by atoms with Gasteiger partial charge in [0.2, 0.25) is 15.9 Å². The Labute approximate surface area is 364 Å². The molecule has 1 saturated carbocycles. The molecular weight excluding hydrogens is 925 g/mol. The van der Waals surface area contributed by atoms with E-state index in [4.69, 9.17) is 0 Å². The summed E-state index contributed by atoms with van der Waals surface area (Å²) < 4.78 is 197. The maximum Gasteiger partial charge on any atom is 0.435 e. The van der Waals surface area contributed by atoms with Gasteiger partial charge in [-0.3, -0.25) is 18.9 Å². The van der Waals surface area contributed by atoms with Gasteiger partial charge >= 0.3 is 12.4 Å². The van der Waals surface area contributed by atoms with Crippen LogP contribution in [-0.4, -0.2) is 70.7 Å². The fraction of sp³-hybridized carbons (Fsp3) is 0.415. The Morgan fingerprint density at radius 2 is 1.57 bits per heavy atom. The molecule has 0 saturated heterocycles. The lowest BCUT2D eigenvalue weighted by atomic mass is 9.73. The number of sulfonamides is 1. The first-order chi connectivity index (χ1) is 29.8. The number of hydrogen-bond acceptors (Lipinski definition) is 8. The average molecular weight is 962 g/mol. The highest BCUT2D eigenvalue weighted by molar-refractivity contribution is 7.92. The number of sulfone groups is 1. The van der Waals surface area contributed by atoms with Gasteiger partial charge in [0.15, 0.2) is 21.3 Å². The van der Waals surface area contributed by atoms with Gasteiger partial charge in [0.1, 0.15) is 40.9 Å². The molecular formula is C41H37F10N7O5S2. The molecule has 65 heavy (non-hydrogen) atoms.